The van der Waals surface area contributed by atoms with Crippen molar-refractivity contribution in [2.45, 2.75) is 6.42 Å². The molecule has 0 unspecified atom stereocenters. The summed E-state index contributed by atoms with van der Waals surface area (Å²) in [5.41, 5.74) is 0. The molecule has 0 heterocycles. The molecule has 0 bridgehead atoms. The largest absolute Gasteiger partial charge is 0.475 e. The van der Waals surface area contributed by atoms with Crippen molar-refractivity contribution >= 4 is 18.2 Å². The first-order chi connectivity index (χ1) is 4.68. The summed E-state index contributed by atoms with van der Waals surface area (Å²) in [5.74, 6) is -2.46. The molecular formula is C5H6O5. The fourth-order valence-corrected chi connectivity index (χ4v) is 0.307. The number of Topliss-reactive ketones (excluding diaryl/α,β-unsaturated/α-hetero) is 1. The highest BCUT2D eigenvalue weighted by molar-refractivity contribution is 6.32. The first-order valence-corrected chi connectivity index (χ1v) is 2.50. The highest BCUT2D eigenvalue weighted by Crippen LogP contribution is 1.83. The van der Waals surface area contributed by atoms with E-state index < -0.39 is 11.8 Å². The SMILES string of the molecule is O=COCCC(=O)C(=O)O. The zero-order valence-corrected chi connectivity index (χ0v) is 5.07. The second kappa shape index (κ2) is 4.49. The third-order valence-electron chi connectivity index (χ3n) is 0.754. The van der Waals surface area contributed by atoms with Crippen LogP contribution in [0.5, 0.6) is 0 Å². The third kappa shape index (κ3) is 3.59. The van der Waals surface area contributed by atoms with Crippen molar-refractivity contribution in [3.63, 3.8) is 0 Å². The number of rotatable bonds is 5. The van der Waals surface area contributed by atoms with Crippen LogP contribution in [0.25, 0.3) is 0 Å². The van der Waals surface area contributed by atoms with Gasteiger partial charge in [-0.25, -0.2) is 4.79 Å². The van der Waals surface area contributed by atoms with Gasteiger partial charge in [0.15, 0.2) is 0 Å². The van der Waals surface area contributed by atoms with E-state index in [4.69, 9.17) is 5.11 Å². The first-order valence-electron chi connectivity index (χ1n) is 2.50. The molecule has 0 aliphatic heterocycles. The molecule has 0 atom stereocenters. The minimum Gasteiger partial charge on any atom is -0.475 e. The van der Waals surface area contributed by atoms with Gasteiger partial charge in [-0.3, -0.25) is 9.59 Å². The van der Waals surface area contributed by atoms with E-state index in [9.17, 15) is 14.4 Å². The van der Waals surface area contributed by atoms with E-state index in [0.717, 1.165) is 0 Å². The maximum Gasteiger partial charge on any atom is 0.372 e. The lowest BCUT2D eigenvalue weighted by molar-refractivity contribution is -0.150. The molecule has 0 aliphatic carbocycles. The zero-order chi connectivity index (χ0) is 7.98. The molecule has 0 aromatic rings. The molecule has 0 amide bonds. The molecule has 0 saturated carbocycles. The Labute approximate surface area is 56.6 Å². The van der Waals surface area contributed by atoms with E-state index in [-0.39, 0.29) is 19.5 Å². The van der Waals surface area contributed by atoms with Crippen LogP contribution in [0.3, 0.4) is 0 Å². The Morgan fingerprint density at radius 3 is 2.50 bits per heavy atom. The van der Waals surface area contributed by atoms with E-state index in [1.807, 2.05) is 0 Å². The molecule has 0 fully saturated rings. The molecule has 5 heteroatoms. The van der Waals surface area contributed by atoms with Crippen LogP contribution >= 0.6 is 0 Å². The van der Waals surface area contributed by atoms with Crippen molar-refractivity contribution in [2.75, 3.05) is 6.61 Å². The first kappa shape index (κ1) is 8.61. The molecule has 10 heavy (non-hydrogen) atoms. The van der Waals surface area contributed by atoms with Crippen LogP contribution < -0.4 is 0 Å². The van der Waals surface area contributed by atoms with Gasteiger partial charge in [-0.2, -0.15) is 0 Å². The van der Waals surface area contributed by atoms with Gasteiger partial charge in [0.05, 0.1) is 13.0 Å². The number of carboxylic acid groups (broad SMARTS) is 1. The Hall–Kier alpha value is -1.39. The summed E-state index contributed by atoms with van der Waals surface area (Å²) in [7, 11) is 0. The Morgan fingerprint density at radius 1 is 1.50 bits per heavy atom. The molecule has 0 spiro atoms. The second-order valence-corrected chi connectivity index (χ2v) is 1.45. The standard InChI is InChI=1S/C5H6O5/c6-3-10-2-1-4(7)5(8)9/h3H,1-2H2,(H,8,9). The van der Waals surface area contributed by atoms with Gasteiger partial charge < -0.3 is 9.84 Å². The van der Waals surface area contributed by atoms with E-state index in [1.54, 1.807) is 0 Å². The van der Waals surface area contributed by atoms with Crippen molar-refractivity contribution in [1.29, 1.82) is 0 Å². The summed E-state index contributed by atoms with van der Waals surface area (Å²) in [6, 6.07) is 0. The zero-order valence-electron chi connectivity index (χ0n) is 5.07. The number of carbonyl (C=O) groups is 3. The molecule has 0 saturated heterocycles. The number of hydrogen-bond acceptors (Lipinski definition) is 4. The quantitative estimate of drug-likeness (QED) is 0.312. The summed E-state index contributed by atoms with van der Waals surface area (Å²) in [5, 5.41) is 7.99. The molecule has 0 radical (unpaired) electrons. The van der Waals surface area contributed by atoms with Crippen molar-refractivity contribution in [1.82, 2.24) is 0 Å². The fourth-order valence-electron chi connectivity index (χ4n) is 0.307. The Kier molecular flexibility index (Phi) is 3.86. The number of hydrogen-bond donors (Lipinski definition) is 1. The molecule has 0 aromatic heterocycles. The van der Waals surface area contributed by atoms with Crippen molar-refractivity contribution in [2.24, 2.45) is 0 Å². The van der Waals surface area contributed by atoms with Gasteiger partial charge in [0.1, 0.15) is 0 Å². The van der Waals surface area contributed by atoms with Crippen molar-refractivity contribution < 1.29 is 24.2 Å². The van der Waals surface area contributed by atoms with E-state index >= 15 is 0 Å². The van der Waals surface area contributed by atoms with Gasteiger partial charge in [0.2, 0.25) is 5.78 Å². The minimum absolute atomic E-state index is 0.162. The Morgan fingerprint density at radius 2 is 2.10 bits per heavy atom. The monoisotopic (exact) mass is 146 g/mol. The summed E-state index contributed by atoms with van der Waals surface area (Å²) in [4.78, 5) is 29.5. The molecule has 1 N–H and O–H groups in total. The fraction of sp³-hybridized carbons (Fsp3) is 0.400. The van der Waals surface area contributed by atoms with E-state index in [0.29, 0.717) is 0 Å². The lowest BCUT2D eigenvalue weighted by Gasteiger charge is -1.92. The average Bonchev–Trinajstić information content (AvgIpc) is 1.88. The number of carbonyl (C=O) groups excluding carboxylic acids is 2. The van der Waals surface area contributed by atoms with Crippen molar-refractivity contribution in [3.05, 3.63) is 0 Å². The molecule has 0 aromatic carbocycles. The smallest absolute Gasteiger partial charge is 0.372 e. The maximum atomic E-state index is 10.2. The van der Waals surface area contributed by atoms with E-state index in [1.165, 1.54) is 0 Å². The van der Waals surface area contributed by atoms with Crippen LogP contribution in [0.1, 0.15) is 6.42 Å². The Balaban J connectivity index is 3.40. The average molecular weight is 146 g/mol. The van der Waals surface area contributed by atoms with Gasteiger partial charge in [-0.1, -0.05) is 0 Å². The van der Waals surface area contributed by atoms with Gasteiger partial charge >= 0.3 is 5.97 Å². The predicted molar refractivity (Wildman–Crippen MR) is 29.3 cm³/mol. The predicted octanol–water partition coefficient (Wildman–Crippen LogP) is -0.797. The van der Waals surface area contributed by atoms with Crippen LogP contribution in [0.15, 0.2) is 0 Å². The van der Waals surface area contributed by atoms with Crippen LogP contribution in [0.4, 0.5) is 0 Å². The van der Waals surface area contributed by atoms with E-state index in [2.05, 4.69) is 4.74 Å². The highest BCUT2D eigenvalue weighted by atomic mass is 16.5. The van der Waals surface area contributed by atoms with Crippen molar-refractivity contribution in [3.8, 4) is 0 Å². The van der Waals surface area contributed by atoms with Gasteiger partial charge in [0, 0.05) is 0 Å². The molecule has 0 aliphatic rings. The summed E-state index contributed by atoms with van der Waals surface area (Å²) < 4.78 is 4.09. The van der Waals surface area contributed by atoms with Gasteiger partial charge in [-0.15, -0.1) is 0 Å². The Bertz CT molecular complexity index is 150. The van der Waals surface area contributed by atoms with Gasteiger partial charge in [0.25, 0.3) is 6.47 Å². The number of aliphatic carboxylic acids is 1. The number of ketones is 1. The maximum absolute atomic E-state index is 10.2. The molecular weight excluding hydrogens is 140 g/mol. The highest BCUT2D eigenvalue weighted by Gasteiger charge is 2.09. The molecule has 56 valence electrons. The summed E-state index contributed by atoms with van der Waals surface area (Å²) in [6.07, 6.45) is -0.270. The minimum atomic E-state index is -1.51. The number of carboxylic acids is 1. The normalized spacial score (nSPS) is 8.40. The topological polar surface area (TPSA) is 80.7 Å². The number of ether oxygens (including phenoxy) is 1. The lowest BCUT2D eigenvalue weighted by Crippen LogP contribution is -2.14. The third-order valence-corrected chi connectivity index (χ3v) is 0.754. The molecule has 5 nitrogen and oxygen atoms in total. The molecule has 0 rings (SSSR count). The van der Waals surface area contributed by atoms with Crippen LogP contribution in [0.2, 0.25) is 0 Å². The van der Waals surface area contributed by atoms with Crippen LogP contribution in [-0.2, 0) is 19.1 Å². The van der Waals surface area contributed by atoms with Crippen LogP contribution in [-0.4, -0.2) is 29.9 Å². The lowest BCUT2D eigenvalue weighted by atomic mass is 10.3. The second-order valence-electron chi connectivity index (χ2n) is 1.45. The van der Waals surface area contributed by atoms with Crippen LogP contribution in [0, 0.1) is 0 Å². The summed E-state index contributed by atoms with van der Waals surface area (Å²) >= 11 is 0. The summed E-state index contributed by atoms with van der Waals surface area (Å²) in [6.45, 7) is -0.0102. The van der Waals surface area contributed by atoms with Gasteiger partial charge in [-0.05, 0) is 0 Å².